The molecule has 0 saturated carbocycles. The second-order valence-corrected chi connectivity index (χ2v) is 6.74. The predicted octanol–water partition coefficient (Wildman–Crippen LogP) is 5.06. The number of halogens is 1. The van der Waals surface area contributed by atoms with Gasteiger partial charge in [0.2, 0.25) is 0 Å². The molecular weight excluding hydrogens is 375 g/mol. The minimum Gasteiger partial charge on any atom is -0.381 e. The van der Waals surface area contributed by atoms with E-state index in [1.807, 2.05) is 36.1 Å². The van der Waals surface area contributed by atoms with Crippen LogP contribution in [-0.2, 0) is 6.54 Å². The number of nitrogens with one attached hydrogen (secondary N) is 1. The molecule has 1 heterocycles. The summed E-state index contributed by atoms with van der Waals surface area (Å²) in [5, 5.41) is 10.9. The van der Waals surface area contributed by atoms with Crippen LogP contribution in [0.4, 0.5) is 4.39 Å². The number of alkyl halides is 1. The van der Waals surface area contributed by atoms with Crippen LogP contribution in [0.2, 0.25) is 0 Å². The molecule has 1 aliphatic rings. The smallest absolute Gasteiger partial charge is 0.119 e. The van der Waals surface area contributed by atoms with Gasteiger partial charge in [0.1, 0.15) is 6.17 Å². The number of rotatable bonds is 6. The van der Waals surface area contributed by atoms with Crippen LogP contribution in [0.25, 0.3) is 0 Å². The van der Waals surface area contributed by atoms with Crippen LogP contribution in [0.15, 0.2) is 80.2 Å². The first-order chi connectivity index (χ1) is 14.6. The Morgan fingerprint density at radius 1 is 1.20 bits per heavy atom. The zero-order chi connectivity index (χ0) is 22.2. The van der Waals surface area contributed by atoms with Gasteiger partial charge in [0.15, 0.2) is 0 Å². The Labute approximate surface area is 180 Å². The highest BCUT2D eigenvalue weighted by molar-refractivity contribution is 5.33. The standard InChI is InChI=1S/C16H18N2.C6H10FN.C3H5N/c1-2-18-16(14-6-4-3-5-7-14)15-10-8-13(12-17)9-11-15;1-2-8-4-3-6(7)5-8;1-2-3-4/h2-11,16,18H,1,12,17H2;2,6H,1,3-5H2;2H2,1H3. The molecule has 0 spiro atoms. The van der Waals surface area contributed by atoms with Gasteiger partial charge in [-0.25, -0.2) is 4.39 Å². The van der Waals surface area contributed by atoms with Crippen molar-refractivity contribution in [3.05, 3.63) is 96.8 Å². The van der Waals surface area contributed by atoms with Crippen molar-refractivity contribution >= 4 is 0 Å². The van der Waals surface area contributed by atoms with Crippen molar-refractivity contribution in [1.29, 1.82) is 5.26 Å². The van der Waals surface area contributed by atoms with Gasteiger partial charge in [0.05, 0.1) is 12.1 Å². The number of hydrogen-bond acceptors (Lipinski definition) is 4. The molecule has 160 valence electrons. The zero-order valence-electron chi connectivity index (χ0n) is 17.8. The third kappa shape index (κ3) is 8.93. The maximum Gasteiger partial charge on any atom is 0.119 e. The van der Waals surface area contributed by atoms with E-state index in [4.69, 9.17) is 11.0 Å². The molecule has 4 nitrogen and oxygen atoms in total. The summed E-state index contributed by atoms with van der Waals surface area (Å²) in [5.41, 5.74) is 9.18. The van der Waals surface area contributed by atoms with Crippen LogP contribution < -0.4 is 11.1 Å². The minimum absolute atomic E-state index is 0.135. The SMILES string of the molecule is C=CN1CCC(F)C1.C=CNC(c1ccccc1)c1ccc(CN)cc1.CCC#N. The van der Waals surface area contributed by atoms with Crippen molar-refractivity contribution in [2.75, 3.05) is 13.1 Å². The van der Waals surface area contributed by atoms with Gasteiger partial charge in [-0.2, -0.15) is 5.26 Å². The van der Waals surface area contributed by atoms with Crippen molar-refractivity contribution < 1.29 is 4.39 Å². The lowest BCUT2D eigenvalue weighted by atomic mass is 9.98. The molecule has 30 heavy (non-hydrogen) atoms. The maximum atomic E-state index is 12.3. The van der Waals surface area contributed by atoms with E-state index in [-0.39, 0.29) is 6.04 Å². The fourth-order valence-electron chi connectivity index (χ4n) is 2.90. The molecule has 0 aliphatic carbocycles. The van der Waals surface area contributed by atoms with E-state index in [0.717, 1.165) is 12.1 Å². The van der Waals surface area contributed by atoms with E-state index in [9.17, 15) is 4.39 Å². The number of nitrogens with zero attached hydrogens (tertiary/aromatic N) is 2. The molecule has 3 N–H and O–H groups in total. The Kier molecular flexibility index (Phi) is 12.3. The molecule has 1 saturated heterocycles. The van der Waals surface area contributed by atoms with E-state index in [1.165, 1.54) is 11.1 Å². The van der Waals surface area contributed by atoms with Crippen molar-refractivity contribution in [2.45, 2.75) is 38.5 Å². The van der Waals surface area contributed by atoms with E-state index in [2.05, 4.69) is 54.9 Å². The molecule has 3 rings (SSSR count). The molecule has 1 aliphatic heterocycles. The second kappa shape index (κ2) is 14.8. The van der Waals surface area contributed by atoms with E-state index < -0.39 is 6.17 Å². The summed E-state index contributed by atoms with van der Waals surface area (Å²) in [6.07, 6.45) is 4.10. The first kappa shape index (κ1) is 24.9. The maximum absolute atomic E-state index is 12.3. The monoisotopic (exact) mass is 408 g/mol. The molecule has 0 aromatic heterocycles. The van der Waals surface area contributed by atoms with Gasteiger partial charge in [-0.3, -0.25) is 0 Å². The van der Waals surface area contributed by atoms with Crippen LogP contribution in [0.3, 0.4) is 0 Å². The lowest BCUT2D eigenvalue weighted by molar-refractivity contribution is 0.334. The van der Waals surface area contributed by atoms with Crippen LogP contribution >= 0.6 is 0 Å². The van der Waals surface area contributed by atoms with Gasteiger partial charge < -0.3 is 16.0 Å². The summed E-state index contributed by atoms with van der Waals surface area (Å²) in [5.74, 6) is 0. The van der Waals surface area contributed by atoms with E-state index in [1.54, 1.807) is 12.4 Å². The van der Waals surface area contributed by atoms with E-state index >= 15 is 0 Å². The second-order valence-electron chi connectivity index (χ2n) is 6.74. The molecule has 5 heteroatoms. The minimum atomic E-state index is -0.618. The summed E-state index contributed by atoms with van der Waals surface area (Å²) in [4.78, 5) is 1.89. The highest BCUT2D eigenvalue weighted by atomic mass is 19.1. The topological polar surface area (TPSA) is 65.1 Å². The molecule has 0 bridgehead atoms. The Bertz CT molecular complexity index is 768. The average Bonchev–Trinajstić information content (AvgIpc) is 3.24. The average molecular weight is 409 g/mol. The number of hydrogen-bond donors (Lipinski definition) is 2. The zero-order valence-corrected chi connectivity index (χ0v) is 17.8. The van der Waals surface area contributed by atoms with Crippen LogP contribution in [-0.4, -0.2) is 24.2 Å². The first-order valence-corrected chi connectivity index (χ1v) is 10.2. The highest BCUT2D eigenvalue weighted by Gasteiger charge is 2.17. The Morgan fingerprint density at radius 3 is 2.20 bits per heavy atom. The third-order valence-electron chi connectivity index (χ3n) is 4.54. The Morgan fingerprint density at radius 2 is 1.80 bits per heavy atom. The molecule has 0 radical (unpaired) electrons. The lowest BCUT2D eigenvalue weighted by Gasteiger charge is -2.18. The Balaban J connectivity index is 0.000000309. The molecule has 2 aromatic rings. The fourth-order valence-corrected chi connectivity index (χ4v) is 2.90. The lowest BCUT2D eigenvalue weighted by Crippen LogP contribution is -2.16. The van der Waals surface area contributed by atoms with Gasteiger partial charge >= 0.3 is 0 Å². The van der Waals surface area contributed by atoms with Gasteiger partial charge in [-0.05, 0) is 35.5 Å². The van der Waals surface area contributed by atoms with Crippen LogP contribution in [0.5, 0.6) is 0 Å². The number of likely N-dealkylation sites (tertiary alicyclic amines) is 1. The fraction of sp³-hybridized carbons (Fsp3) is 0.320. The van der Waals surface area contributed by atoms with Gasteiger partial charge in [-0.15, -0.1) is 0 Å². The van der Waals surface area contributed by atoms with Crippen molar-refractivity contribution in [2.24, 2.45) is 5.73 Å². The third-order valence-corrected chi connectivity index (χ3v) is 4.54. The molecule has 2 aromatic carbocycles. The van der Waals surface area contributed by atoms with Crippen molar-refractivity contribution in [3.8, 4) is 6.07 Å². The predicted molar refractivity (Wildman–Crippen MR) is 123 cm³/mol. The van der Waals surface area contributed by atoms with Crippen LogP contribution in [0.1, 0.15) is 42.5 Å². The Hall–Kier alpha value is -3.10. The number of nitrogens with two attached hydrogens (primary N) is 1. The molecule has 2 unspecified atom stereocenters. The van der Waals surface area contributed by atoms with Crippen molar-refractivity contribution in [1.82, 2.24) is 10.2 Å². The summed E-state index contributed by atoms with van der Waals surface area (Å²) in [7, 11) is 0. The number of nitriles is 1. The normalized spacial score (nSPS) is 15.4. The summed E-state index contributed by atoms with van der Waals surface area (Å²) < 4.78 is 12.3. The number of benzene rings is 2. The summed E-state index contributed by atoms with van der Waals surface area (Å²) in [6.45, 7) is 11.1. The highest BCUT2D eigenvalue weighted by Crippen LogP contribution is 2.22. The van der Waals surface area contributed by atoms with Crippen LogP contribution in [0, 0.1) is 11.3 Å². The molecule has 0 amide bonds. The molecular formula is C25H33FN4. The summed E-state index contributed by atoms with van der Waals surface area (Å²) in [6, 6.07) is 20.7. The summed E-state index contributed by atoms with van der Waals surface area (Å²) >= 11 is 0. The van der Waals surface area contributed by atoms with Gasteiger partial charge in [-0.1, -0.05) is 74.7 Å². The van der Waals surface area contributed by atoms with Gasteiger partial charge in [0.25, 0.3) is 0 Å². The molecule has 2 atom stereocenters. The van der Waals surface area contributed by atoms with Crippen molar-refractivity contribution in [3.63, 3.8) is 0 Å². The quantitative estimate of drug-likeness (QED) is 0.701. The van der Waals surface area contributed by atoms with E-state index in [0.29, 0.717) is 25.9 Å². The largest absolute Gasteiger partial charge is 0.381 e. The molecule has 1 fully saturated rings. The first-order valence-electron chi connectivity index (χ1n) is 10.2. The van der Waals surface area contributed by atoms with Gasteiger partial charge in [0, 0.05) is 26.1 Å².